The third kappa shape index (κ3) is 4.70. The standard InChI is InChI=1S/C24H14Cl2F2N4O3S/c25-14-4-5-20(16(10-14)19-2-1-3-24-30-8-9-32(19)24)35-21-12-18(28)22(13-17(21)27)36(33,34)31-23-11-15(26)6-7-29-23/h1-13H,(H,29,31). The number of nitrogens with one attached hydrogen (secondary N) is 1. The summed E-state index contributed by atoms with van der Waals surface area (Å²) >= 11 is 12.0. The van der Waals surface area contributed by atoms with E-state index >= 15 is 4.39 Å². The Morgan fingerprint density at radius 2 is 1.67 bits per heavy atom. The van der Waals surface area contributed by atoms with Crippen LogP contribution in [0.3, 0.4) is 0 Å². The molecule has 0 bridgehead atoms. The summed E-state index contributed by atoms with van der Waals surface area (Å²) < 4.78 is 64.8. The number of nitrogens with zero attached hydrogens (tertiary/aromatic N) is 3. The highest BCUT2D eigenvalue weighted by atomic mass is 35.5. The molecule has 0 atom stereocenters. The van der Waals surface area contributed by atoms with Gasteiger partial charge in [0, 0.05) is 52.4 Å². The van der Waals surface area contributed by atoms with E-state index in [9.17, 15) is 12.8 Å². The highest BCUT2D eigenvalue weighted by Crippen LogP contribution is 2.37. The van der Waals surface area contributed by atoms with Gasteiger partial charge in [-0.3, -0.25) is 9.12 Å². The maximum atomic E-state index is 15.0. The number of hydrogen-bond acceptors (Lipinski definition) is 5. The number of aromatic nitrogens is 3. The molecule has 0 spiro atoms. The fourth-order valence-electron chi connectivity index (χ4n) is 3.52. The molecule has 5 rings (SSSR count). The normalized spacial score (nSPS) is 11.6. The van der Waals surface area contributed by atoms with Gasteiger partial charge in [0.2, 0.25) is 0 Å². The van der Waals surface area contributed by atoms with Crippen LogP contribution in [-0.4, -0.2) is 22.8 Å². The number of ether oxygens (including phenoxy) is 1. The molecule has 182 valence electrons. The summed E-state index contributed by atoms with van der Waals surface area (Å²) in [6.07, 6.45) is 4.62. The molecule has 1 N–H and O–H groups in total. The van der Waals surface area contributed by atoms with Crippen molar-refractivity contribution in [2.24, 2.45) is 0 Å². The van der Waals surface area contributed by atoms with Gasteiger partial charge in [-0.15, -0.1) is 0 Å². The van der Waals surface area contributed by atoms with Gasteiger partial charge in [0.15, 0.2) is 11.6 Å². The number of fused-ring (bicyclic) bond motifs is 1. The average Bonchev–Trinajstić information content (AvgIpc) is 3.31. The molecule has 0 fully saturated rings. The van der Waals surface area contributed by atoms with Crippen molar-refractivity contribution < 1.29 is 21.9 Å². The maximum absolute atomic E-state index is 15.0. The topological polar surface area (TPSA) is 85.6 Å². The van der Waals surface area contributed by atoms with Gasteiger partial charge in [-0.25, -0.2) is 27.2 Å². The smallest absolute Gasteiger partial charge is 0.266 e. The zero-order valence-electron chi connectivity index (χ0n) is 18.0. The van der Waals surface area contributed by atoms with Gasteiger partial charge in [0.25, 0.3) is 10.0 Å². The molecule has 5 aromatic rings. The van der Waals surface area contributed by atoms with E-state index in [0.29, 0.717) is 34.1 Å². The fourth-order valence-corrected chi connectivity index (χ4v) is 4.93. The van der Waals surface area contributed by atoms with Crippen LogP contribution in [0.4, 0.5) is 14.6 Å². The van der Waals surface area contributed by atoms with Gasteiger partial charge >= 0.3 is 0 Å². The van der Waals surface area contributed by atoms with Crippen LogP contribution in [-0.2, 0) is 10.0 Å². The molecule has 0 saturated carbocycles. The fraction of sp³-hybridized carbons (Fsp3) is 0. The van der Waals surface area contributed by atoms with E-state index in [1.807, 2.05) is 0 Å². The highest BCUT2D eigenvalue weighted by Gasteiger charge is 2.24. The Labute approximate surface area is 214 Å². The largest absolute Gasteiger partial charge is 0.453 e. The monoisotopic (exact) mass is 546 g/mol. The third-order valence-electron chi connectivity index (χ3n) is 5.10. The zero-order valence-corrected chi connectivity index (χ0v) is 20.3. The maximum Gasteiger partial charge on any atom is 0.266 e. The summed E-state index contributed by atoms with van der Waals surface area (Å²) in [7, 11) is -4.52. The van der Waals surface area contributed by atoms with E-state index in [1.165, 1.54) is 30.5 Å². The molecule has 0 aliphatic carbocycles. The minimum atomic E-state index is -4.52. The van der Waals surface area contributed by atoms with E-state index in [1.54, 1.807) is 41.1 Å². The lowest BCUT2D eigenvalue weighted by Gasteiger charge is -2.15. The number of pyridine rings is 2. The molecule has 7 nitrogen and oxygen atoms in total. The molecule has 3 heterocycles. The predicted octanol–water partition coefficient (Wildman–Crippen LogP) is 6.57. The quantitative estimate of drug-likeness (QED) is 0.260. The van der Waals surface area contributed by atoms with Crippen LogP contribution in [0.5, 0.6) is 11.5 Å². The number of rotatable bonds is 6. The van der Waals surface area contributed by atoms with E-state index in [4.69, 9.17) is 27.9 Å². The van der Waals surface area contributed by atoms with Crippen LogP contribution in [0.25, 0.3) is 16.9 Å². The summed E-state index contributed by atoms with van der Waals surface area (Å²) in [6, 6.07) is 13.9. The van der Waals surface area contributed by atoms with E-state index in [-0.39, 0.29) is 16.6 Å². The molecule has 0 saturated heterocycles. The van der Waals surface area contributed by atoms with Gasteiger partial charge in [0.05, 0.1) is 5.69 Å². The Morgan fingerprint density at radius 3 is 2.47 bits per heavy atom. The van der Waals surface area contributed by atoms with Crippen LogP contribution >= 0.6 is 23.2 Å². The average molecular weight is 547 g/mol. The highest BCUT2D eigenvalue weighted by molar-refractivity contribution is 7.92. The Hall–Kier alpha value is -3.73. The van der Waals surface area contributed by atoms with Gasteiger partial charge in [-0.2, -0.15) is 0 Å². The van der Waals surface area contributed by atoms with E-state index < -0.39 is 32.3 Å². The molecule has 2 aromatic carbocycles. The summed E-state index contributed by atoms with van der Waals surface area (Å²) in [4.78, 5) is 7.12. The Bertz CT molecular complexity index is 1730. The van der Waals surface area contributed by atoms with Crippen molar-refractivity contribution in [2.45, 2.75) is 4.90 Å². The first-order valence-corrected chi connectivity index (χ1v) is 12.5. The SMILES string of the molecule is O=S(=O)(Nc1cc(Cl)ccn1)c1cc(F)c(Oc2ccc(Cl)cc2-c2cccc3nccn23)cc1F. The third-order valence-corrected chi connectivity index (χ3v) is 6.94. The molecule has 0 radical (unpaired) electrons. The van der Waals surface area contributed by atoms with Crippen molar-refractivity contribution >= 4 is 44.7 Å². The number of benzene rings is 2. The number of hydrogen-bond donors (Lipinski definition) is 1. The van der Waals surface area contributed by atoms with Crippen molar-refractivity contribution in [3.8, 4) is 22.8 Å². The number of anilines is 1. The van der Waals surface area contributed by atoms with E-state index in [0.717, 1.165) is 0 Å². The van der Waals surface area contributed by atoms with Crippen LogP contribution in [0.15, 0.2) is 84.1 Å². The lowest BCUT2D eigenvalue weighted by Crippen LogP contribution is -2.16. The zero-order chi connectivity index (χ0) is 25.4. The molecule has 12 heteroatoms. The number of sulfonamides is 1. The molecular weight excluding hydrogens is 533 g/mol. The first-order chi connectivity index (χ1) is 17.2. The lowest BCUT2D eigenvalue weighted by molar-refractivity contribution is 0.433. The first-order valence-electron chi connectivity index (χ1n) is 10.2. The summed E-state index contributed by atoms with van der Waals surface area (Å²) in [5.41, 5.74) is 1.78. The van der Waals surface area contributed by atoms with Crippen molar-refractivity contribution in [1.29, 1.82) is 0 Å². The number of imidazole rings is 1. The summed E-state index contributed by atoms with van der Waals surface area (Å²) in [5.74, 6) is -2.84. The minimum Gasteiger partial charge on any atom is -0.453 e. The molecule has 0 unspecified atom stereocenters. The molecule has 36 heavy (non-hydrogen) atoms. The number of halogens is 4. The first kappa shape index (κ1) is 24.0. The van der Waals surface area contributed by atoms with Crippen LogP contribution in [0, 0.1) is 11.6 Å². The van der Waals surface area contributed by atoms with Crippen LogP contribution in [0.1, 0.15) is 0 Å². The van der Waals surface area contributed by atoms with Gasteiger partial charge < -0.3 is 4.74 Å². The molecule has 3 aromatic heterocycles. The van der Waals surface area contributed by atoms with Crippen LogP contribution < -0.4 is 9.46 Å². The second-order valence-corrected chi connectivity index (χ2v) is 10.0. The van der Waals surface area contributed by atoms with Gasteiger partial charge in [-0.1, -0.05) is 29.3 Å². The van der Waals surface area contributed by atoms with Crippen molar-refractivity contribution in [2.75, 3.05) is 4.72 Å². The van der Waals surface area contributed by atoms with Gasteiger partial charge in [0.1, 0.15) is 27.9 Å². The van der Waals surface area contributed by atoms with Gasteiger partial charge in [-0.05, 0) is 36.4 Å². The van der Waals surface area contributed by atoms with Crippen LogP contribution in [0.2, 0.25) is 10.0 Å². The molecule has 0 aliphatic heterocycles. The predicted molar refractivity (Wildman–Crippen MR) is 132 cm³/mol. The summed E-state index contributed by atoms with van der Waals surface area (Å²) in [5, 5.41) is 0.603. The van der Waals surface area contributed by atoms with E-state index in [2.05, 4.69) is 14.7 Å². The Morgan fingerprint density at radius 1 is 0.861 bits per heavy atom. The minimum absolute atomic E-state index is 0.151. The lowest BCUT2D eigenvalue weighted by atomic mass is 10.1. The summed E-state index contributed by atoms with van der Waals surface area (Å²) in [6.45, 7) is 0. The van der Waals surface area contributed by atoms with Crippen molar-refractivity contribution in [3.63, 3.8) is 0 Å². The molecule has 0 aliphatic rings. The second-order valence-electron chi connectivity index (χ2n) is 7.49. The van der Waals surface area contributed by atoms with Crippen molar-refractivity contribution in [3.05, 3.63) is 101 Å². The Balaban J connectivity index is 1.52. The second kappa shape index (κ2) is 9.38. The molecule has 0 amide bonds. The van der Waals surface area contributed by atoms with Crippen molar-refractivity contribution in [1.82, 2.24) is 14.4 Å². The Kier molecular flexibility index (Phi) is 6.25. The molecular formula is C24H14Cl2F2N4O3S.